The zero-order valence-corrected chi connectivity index (χ0v) is 34.7. The average Bonchev–Trinajstić information content (AvgIpc) is 3.30. The van der Waals surface area contributed by atoms with E-state index in [0.29, 0.717) is 23.9 Å². The summed E-state index contributed by atoms with van der Waals surface area (Å²) in [5, 5.41) is 10.00. The minimum Gasteiger partial charge on any atom is -0.450 e. The fourth-order valence-electron chi connectivity index (χ4n) is 9.98. The standard InChI is InChI=1S/C40H72O5Si2/c1-36(2,3)46(10,11)44-26-16-14-15-23-38(7,28-43-35(41)42)34-20-19-32-31-18-17-29-27-30(45-47(12,13)37(4,5)6)21-24-39(29,8)33(31)22-25-40(32,34)9/h15,17,23,30-34H,14,16,18-22,24-28H2,1-13H3,(H,41,42)/t30?,31?,32?,33?,34-,38+,39+,40+/m1/s1. The molecule has 0 spiro atoms. The predicted octanol–water partition coefficient (Wildman–Crippen LogP) is 12.0. The van der Waals surface area contributed by atoms with Crippen molar-refractivity contribution in [3.8, 4) is 0 Å². The Kier molecular flexibility index (Phi) is 11.3. The van der Waals surface area contributed by atoms with Crippen LogP contribution in [0, 0.1) is 39.9 Å². The van der Waals surface area contributed by atoms with E-state index >= 15 is 0 Å². The summed E-state index contributed by atoms with van der Waals surface area (Å²) < 4.78 is 18.8. The van der Waals surface area contributed by atoms with Crippen LogP contribution in [0.15, 0.2) is 23.8 Å². The van der Waals surface area contributed by atoms with Crippen LogP contribution in [0.5, 0.6) is 0 Å². The summed E-state index contributed by atoms with van der Waals surface area (Å²) in [4.78, 5) is 11.6. The summed E-state index contributed by atoms with van der Waals surface area (Å²) in [6, 6.07) is 0. The van der Waals surface area contributed by atoms with Crippen LogP contribution in [-0.4, -0.2) is 47.2 Å². The molecule has 3 saturated carbocycles. The molecule has 8 atom stereocenters. The molecule has 0 aromatic rings. The Labute approximate surface area is 291 Å². The molecule has 0 radical (unpaired) electrons. The average molecular weight is 689 g/mol. The topological polar surface area (TPSA) is 65.0 Å². The van der Waals surface area contributed by atoms with Gasteiger partial charge in [-0.05, 0) is 135 Å². The highest BCUT2D eigenvalue weighted by atomic mass is 28.4. The maximum absolute atomic E-state index is 11.6. The van der Waals surface area contributed by atoms with Gasteiger partial charge in [0.2, 0.25) is 0 Å². The Hall–Kier alpha value is -0.896. The van der Waals surface area contributed by atoms with Gasteiger partial charge < -0.3 is 18.7 Å². The molecular weight excluding hydrogens is 617 g/mol. The molecule has 1 N–H and O–H groups in total. The van der Waals surface area contributed by atoms with Crippen molar-refractivity contribution in [3.05, 3.63) is 23.8 Å². The molecule has 0 bridgehead atoms. The van der Waals surface area contributed by atoms with Crippen LogP contribution in [0.4, 0.5) is 4.79 Å². The number of fused-ring (bicyclic) bond motifs is 5. The summed E-state index contributed by atoms with van der Waals surface area (Å²) in [7, 11) is -3.54. The molecule has 4 aliphatic carbocycles. The molecule has 4 aliphatic rings. The van der Waals surface area contributed by atoms with Crippen LogP contribution < -0.4 is 0 Å². The van der Waals surface area contributed by atoms with Gasteiger partial charge in [0.25, 0.3) is 0 Å². The first-order valence-electron chi connectivity index (χ1n) is 19.0. The second-order valence-electron chi connectivity index (χ2n) is 19.9. The number of hydrogen-bond donors (Lipinski definition) is 1. The van der Waals surface area contributed by atoms with Crippen molar-refractivity contribution in [1.29, 1.82) is 0 Å². The Bertz CT molecular complexity index is 1180. The zero-order valence-electron chi connectivity index (χ0n) is 32.7. The zero-order chi connectivity index (χ0) is 35.3. The van der Waals surface area contributed by atoms with Crippen molar-refractivity contribution >= 4 is 22.8 Å². The molecule has 270 valence electrons. The fraction of sp³-hybridized carbons (Fsp3) is 0.875. The molecule has 47 heavy (non-hydrogen) atoms. The van der Waals surface area contributed by atoms with Gasteiger partial charge in [-0.1, -0.05) is 86.1 Å². The molecule has 5 nitrogen and oxygen atoms in total. The van der Waals surface area contributed by atoms with Gasteiger partial charge >= 0.3 is 6.16 Å². The van der Waals surface area contributed by atoms with Gasteiger partial charge in [0.1, 0.15) is 6.61 Å². The molecule has 0 aromatic carbocycles. The van der Waals surface area contributed by atoms with Crippen molar-refractivity contribution in [2.75, 3.05) is 13.2 Å². The first kappa shape index (κ1) is 38.9. The summed E-state index contributed by atoms with van der Waals surface area (Å²) in [5.74, 6) is 2.54. The van der Waals surface area contributed by atoms with Crippen molar-refractivity contribution in [1.82, 2.24) is 0 Å². The minimum atomic E-state index is -1.79. The van der Waals surface area contributed by atoms with Gasteiger partial charge in [-0.25, -0.2) is 4.79 Å². The van der Waals surface area contributed by atoms with Gasteiger partial charge in [0.05, 0.1) is 0 Å². The van der Waals surface area contributed by atoms with Crippen LogP contribution in [0.1, 0.15) is 127 Å². The lowest BCUT2D eigenvalue weighted by Gasteiger charge is -2.59. The van der Waals surface area contributed by atoms with E-state index < -0.39 is 22.8 Å². The van der Waals surface area contributed by atoms with E-state index in [1.165, 1.54) is 38.5 Å². The van der Waals surface area contributed by atoms with Gasteiger partial charge in [-0.3, -0.25) is 0 Å². The molecule has 0 amide bonds. The van der Waals surface area contributed by atoms with Crippen molar-refractivity contribution in [3.63, 3.8) is 0 Å². The number of unbranched alkanes of at least 4 members (excludes halogenated alkanes) is 1. The number of carboxylic acid groups (broad SMARTS) is 1. The van der Waals surface area contributed by atoms with Gasteiger partial charge in [-0.15, -0.1) is 0 Å². The number of hydrogen-bond acceptors (Lipinski definition) is 4. The van der Waals surface area contributed by atoms with Crippen LogP contribution in [0.25, 0.3) is 0 Å². The fourth-order valence-corrected chi connectivity index (χ4v) is 12.5. The summed E-state index contributed by atoms with van der Waals surface area (Å²) in [6.07, 6.45) is 18.1. The Balaban J connectivity index is 1.47. The molecule has 4 unspecified atom stereocenters. The highest BCUT2D eigenvalue weighted by Gasteiger charge is 2.61. The summed E-state index contributed by atoms with van der Waals surface area (Å²) in [5.41, 5.74) is 1.86. The first-order valence-corrected chi connectivity index (χ1v) is 24.8. The number of allylic oxidation sites excluding steroid dienone is 2. The first-order chi connectivity index (χ1) is 21.5. The summed E-state index contributed by atoms with van der Waals surface area (Å²) >= 11 is 0. The smallest absolute Gasteiger partial charge is 0.450 e. The molecule has 0 aromatic heterocycles. The quantitative estimate of drug-likeness (QED) is 0.101. The number of rotatable bonds is 11. The van der Waals surface area contributed by atoms with E-state index in [-0.39, 0.29) is 32.9 Å². The van der Waals surface area contributed by atoms with Crippen molar-refractivity contribution in [2.45, 2.75) is 169 Å². The van der Waals surface area contributed by atoms with E-state index in [1.807, 2.05) is 0 Å². The monoisotopic (exact) mass is 688 g/mol. The third-order valence-corrected chi connectivity index (χ3v) is 24.0. The highest BCUT2D eigenvalue weighted by molar-refractivity contribution is 6.74. The normalized spacial score (nSPS) is 34.7. The second-order valence-corrected chi connectivity index (χ2v) is 29.5. The van der Waals surface area contributed by atoms with Crippen LogP contribution in [0.2, 0.25) is 36.3 Å². The van der Waals surface area contributed by atoms with E-state index in [9.17, 15) is 9.90 Å². The van der Waals surface area contributed by atoms with Crippen molar-refractivity contribution < 1.29 is 23.5 Å². The lowest BCUT2D eigenvalue weighted by molar-refractivity contribution is -0.0719. The van der Waals surface area contributed by atoms with E-state index in [4.69, 9.17) is 13.6 Å². The van der Waals surface area contributed by atoms with Crippen LogP contribution in [0.3, 0.4) is 0 Å². The molecule has 3 fully saturated rings. The second kappa shape index (κ2) is 13.7. The number of ether oxygens (including phenoxy) is 1. The summed E-state index contributed by atoms with van der Waals surface area (Å²) in [6.45, 7) is 31.8. The third kappa shape index (κ3) is 7.88. The molecule has 0 aliphatic heterocycles. The minimum absolute atomic E-state index is 0.192. The van der Waals surface area contributed by atoms with E-state index in [1.54, 1.807) is 5.57 Å². The third-order valence-electron chi connectivity index (χ3n) is 14.9. The molecular formula is C40H72O5Si2. The molecule has 0 heterocycles. The van der Waals surface area contributed by atoms with Crippen LogP contribution >= 0.6 is 0 Å². The SMILES string of the molecule is CC(C)(C)[Si](C)(C)OCCCC=C[C@@](C)(COC(=O)O)[C@H]1CCC2C3CC=C4CC(O[Si](C)(C)C(C)(C)C)CC[C@]4(C)C3CC[C@@]21C. The van der Waals surface area contributed by atoms with Gasteiger partial charge in [0.15, 0.2) is 16.6 Å². The number of carbonyl (C=O) groups is 1. The predicted molar refractivity (Wildman–Crippen MR) is 201 cm³/mol. The van der Waals surface area contributed by atoms with Crippen LogP contribution in [-0.2, 0) is 13.6 Å². The largest absolute Gasteiger partial charge is 0.505 e. The maximum atomic E-state index is 11.6. The van der Waals surface area contributed by atoms with Gasteiger partial charge in [-0.2, -0.15) is 0 Å². The molecule has 7 heteroatoms. The Morgan fingerprint density at radius 2 is 1.60 bits per heavy atom. The van der Waals surface area contributed by atoms with Crippen molar-refractivity contribution in [2.24, 2.45) is 39.9 Å². The highest BCUT2D eigenvalue weighted by Crippen LogP contribution is 2.68. The Morgan fingerprint density at radius 3 is 2.21 bits per heavy atom. The van der Waals surface area contributed by atoms with Gasteiger partial charge in [0, 0.05) is 18.1 Å². The van der Waals surface area contributed by atoms with E-state index in [2.05, 4.69) is 107 Å². The Morgan fingerprint density at radius 1 is 0.936 bits per heavy atom. The lowest BCUT2D eigenvalue weighted by Crippen LogP contribution is -2.53. The van der Waals surface area contributed by atoms with E-state index in [0.717, 1.165) is 38.2 Å². The lowest BCUT2D eigenvalue weighted by atomic mass is 9.46. The maximum Gasteiger partial charge on any atom is 0.505 e. The molecule has 4 rings (SSSR count). The molecule has 0 saturated heterocycles.